The van der Waals surface area contributed by atoms with Gasteiger partial charge in [-0.2, -0.15) is 0 Å². The molecule has 0 radical (unpaired) electrons. The van der Waals surface area contributed by atoms with Gasteiger partial charge in [-0.1, -0.05) is 0 Å². The van der Waals surface area contributed by atoms with E-state index in [9.17, 15) is 4.79 Å². The van der Waals surface area contributed by atoms with E-state index < -0.39 is 6.10 Å². The first-order valence-corrected chi connectivity index (χ1v) is 4.80. The maximum atomic E-state index is 11.1. The van der Waals surface area contributed by atoms with Crippen LogP contribution in [0.5, 0.6) is 0 Å². The maximum Gasteiger partial charge on any atom is 0.248 e. The van der Waals surface area contributed by atoms with E-state index in [0.29, 0.717) is 5.92 Å². The lowest BCUT2D eigenvalue weighted by Gasteiger charge is -2.20. The van der Waals surface area contributed by atoms with Gasteiger partial charge in [-0.15, -0.1) is 0 Å². The second kappa shape index (κ2) is 4.58. The first-order valence-electron chi connectivity index (χ1n) is 4.80. The minimum atomic E-state index is -0.906. The minimum Gasteiger partial charge on any atom is -0.384 e. The Bertz CT molecular complexity index is 176. The van der Waals surface area contributed by atoms with Crippen molar-refractivity contribution in [1.29, 1.82) is 0 Å². The highest BCUT2D eigenvalue weighted by Gasteiger charge is 2.23. The number of amides is 1. The topological polar surface area (TPSA) is 61.4 Å². The van der Waals surface area contributed by atoms with Crippen molar-refractivity contribution in [2.24, 2.45) is 5.92 Å². The van der Waals surface area contributed by atoms with Crippen LogP contribution >= 0.6 is 0 Å². The molecule has 0 aromatic heterocycles. The number of carbonyl (C=O) groups excluding carboxylic acids is 1. The highest BCUT2D eigenvalue weighted by molar-refractivity contribution is 5.80. The third-order valence-corrected chi connectivity index (χ3v) is 2.55. The van der Waals surface area contributed by atoms with Gasteiger partial charge in [0.2, 0.25) is 5.91 Å². The summed E-state index contributed by atoms with van der Waals surface area (Å²) in [6, 6.07) is 0.150. The predicted octanol–water partition coefficient (Wildman–Crippen LogP) is -0.519. The summed E-state index contributed by atoms with van der Waals surface area (Å²) in [5.41, 5.74) is 0. The summed E-state index contributed by atoms with van der Waals surface area (Å²) >= 11 is 0. The zero-order valence-corrected chi connectivity index (χ0v) is 8.21. The average Bonchev–Trinajstić information content (AvgIpc) is 2.55. The predicted molar refractivity (Wildman–Crippen MR) is 50.3 cm³/mol. The Balaban J connectivity index is 2.31. The molecule has 1 heterocycles. The molecule has 0 aliphatic carbocycles. The molecule has 3 unspecified atom stereocenters. The van der Waals surface area contributed by atoms with Gasteiger partial charge in [0, 0.05) is 6.04 Å². The van der Waals surface area contributed by atoms with Gasteiger partial charge >= 0.3 is 0 Å². The van der Waals surface area contributed by atoms with Crippen molar-refractivity contribution in [3.05, 3.63) is 0 Å². The minimum absolute atomic E-state index is 0.150. The molecule has 1 saturated heterocycles. The third-order valence-electron chi connectivity index (χ3n) is 2.55. The zero-order chi connectivity index (χ0) is 9.84. The number of hydrogen-bond donors (Lipinski definition) is 3. The Morgan fingerprint density at radius 3 is 2.77 bits per heavy atom. The van der Waals surface area contributed by atoms with E-state index in [1.165, 1.54) is 6.92 Å². The molecular formula is C9H18N2O2. The molecule has 13 heavy (non-hydrogen) atoms. The fraction of sp³-hybridized carbons (Fsp3) is 0.889. The van der Waals surface area contributed by atoms with Crippen LogP contribution in [0.15, 0.2) is 0 Å². The van der Waals surface area contributed by atoms with Gasteiger partial charge in [0.05, 0.1) is 0 Å². The van der Waals surface area contributed by atoms with E-state index in [1.807, 2.05) is 6.92 Å². The third kappa shape index (κ3) is 2.97. The van der Waals surface area contributed by atoms with Crippen molar-refractivity contribution in [2.45, 2.75) is 32.4 Å². The fourth-order valence-electron chi connectivity index (χ4n) is 1.57. The summed E-state index contributed by atoms with van der Waals surface area (Å²) in [6.45, 7) is 5.45. The Hall–Kier alpha value is -0.610. The normalized spacial score (nSPS) is 26.8. The number of hydrogen-bond acceptors (Lipinski definition) is 3. The molecule has 76 valence electrons. The van der Waals surface area contributed by atoms with E-state index in [2.05, 4.69) is 10.6 Å². The summed E-state index contributed by atoms with van der Waals surface area (Å²) < 4.78 is 0. The van der Waals surface area contributed by atoms with Crippen molar-refractivity contribution < 1.29 is 9.90 Å². The molecule has 1 rings (SSSR count). The van der Waals surface area contributed by atoms with Crippen molar-refractivity contribution in [1.82, 2.24) is 10.6 Å². The molecule has 4 heteroatoms. The van der Waals surface area contributed by atoms with Crippen molar-refractivity contribution in [3.8, 4) is 0 Å². The number of aliphatic hydroxyl groups is 1. The van der Waals surface area contributed by atoms with Crippen LogP contribution in [-0.4, -0.2) is 36.2 Å². The maximum absolute atomic E-state index is 11.1. The first kappa shape index (κ1) is 10.5. The molecule has 4 nitrogen and oxygen atoms in total. The molecule has 0 saturated carbocycles. The van der Waals surface area contributed by atoms with Crippen LogP contribution in [-0.2, 0) is 4.79 Å². The van der Waals surface area contributed by atoms with Gasteiger partial charge in [0.15, 0.2) is 0 Å². The second-order valence-electron chi connectivity index (χ2n) is 3.73. The van der Waals surface area contributed by atoms with Gasteiger partial charge in [0.25, 0.3) is 0 Å². The van der Waals surface area contributed by atoms with Crippen LogP contribution in [0.25, 0.3) is 0 Å². The van der Waals surface area contributed by atoms with Crippen molar-refractivity contribution >= 4 is 5.91 Å². The van der Waals surface area contributed by atoms with E-state index >= 15 is 0 Å². The van der Waals surface area contributed by atoms with Crippen LogP contribution in [0.1, 0.15) is 20.3 Å². The lowest BCUT2D eigenvalue weighted by molar-refractivity contribution is -0.129. The standard InChI is InChI=1S/C9H18N2O2/c1-6(8-3-4-10-5-8)11-9(13)7(2)12/h6-8,10,12H,3-5H2,1-2H3,(H,11,13). The molecule has 1 amide bonds. The lowest BCUT2D eigenvalue weighted by atomic mass is 10.0. The molecule has 3 atom stereocenters. The van der Waals surface area contributed by atoms with Crippen LogP contribution in [0.4, 0.5) is 0 Å². The molecule has 0 aromatic carbocycles. The van der Waals surface area contributed by atoms with Gasteiger partial charge in [-0.05, 0) is 39.3 Å². The number of rotatable bonds is 3. The molecular weight excluding hydrogens is 168 g/mol. The van der Waals surface area contributed by atoms with Crippen LogP contribution in [0.3, 0.4) is 0 Å². The highest BCUT2D eigenvalue weighted by atomic mass is 16.3. The smallest absolute Gasteiger partial charge is 0.248 e. The Labute approximate surface area is 78.7 Å². The number of carbonyl (C=O) groups is 1. The van der Waals surface area contributed by atoms with Crippen LogP contribution in [0, 0.1) is 5.92 Å². The highest BCUT2D eigenvalue weighted by Crippen LogP contribution is 2.12. The van der Waals surface area contributed by atoms with Crippen molar-refractivity contribution in [3.63, 3.8) is 0 Å². The summed E-state index contributed by atoms with van der Waals surface area (Å²) in [5, 5.41) is 15.0. The van der Waals surface area contributed by atoms with E-state index in [-0.39, 0.29) is 11.9 Å². The zero-order valence-electron chi connectivity index (χ0n) is 8.21. The largest absolute Gasteiger partial charge is 0.384 e. The van der Waals surface area contributed by atoms with Crippen LogP contribution < -0.4 is 10.6 Å². The first-order chi connectivity index (χ1) is 6.11. The Kier molecular flexibility index (Phi) is 3.69. The molecule has 0 bridgehead atoms. The Morgan fingerprint density at radius 1 is 1.62 bits per heavy atom. The summed E-state index contributed by atoms with van der Waals surface area (Å²) in [4.78, 5) is 11.1. The molecule has 1 aliphatic rings. The van der Waals surface area contributed by atoms with Gasteiger partial charge < -0.3 is 15.7 Å². The number of nitrogens with one attached hydrogen (secondary N) is 2. The number of aliphatic hydroxyl groups excluding tert-OH is 1. The SMILES string of the molecule is CC(O)C(=O)NC(C)C1CCNC1. The lowest BCUT2D eigenvalue weighted by Crippen LogP contribution is -2.43. The quantitative estimate of drug-likeness (QED) is 0.556. The second-order valence-corrected chi connectivity index (χ2v) is 3.73. The molecule has 1 fully saturated rings. The average molecular weight is 186 g/mol. The van der Waals surface area contributed by atoms with Gasteiger partial charge in [0.1, 0.15) is 6.10 Å². The van der Waals surface area contributed by atoms with Gasteiger partial charge in [-0.3, -0.25) is 4.79 Å². The van der Waals surface area contributed by atoms with Crippen LogP contribution in [0.2, 0.25) is 0 Å². The summed E-state index contributed by atoms with van der Waals surface area (Å²) in [5.74, 6) is 0.224. The monoisotopic (exact) mass is 186 g/mol. The molecule has 1 aliphatic heterocycles. The van der Waals surface area contributed by atoms with Gasteiger partial charge in [-0.25, -0.2) is 0 Å². The molecule has 3 N–H and O–H groups in total. The van der Waals surface area contributed by atoms with Crippen molar-refractivity contribution in [2.75, 3.05) is 13.1 Å². The molecule has 0 aromatic rings. The summed E-state index contributed by atoms with van der Waals surface area (Å²) in [7, 11) is 0. The summed E-state index contributed by atoms with van der Waals surface area (Å²) in [6.07, 6.45) is 0.193. The van der Waals surface area contributed by atoms with E-state index in [1.54, 1.807) is 0 Å². The molecule has 0 spiro atoms. The fourth-order valence-corrected chi connectivity index (χ4v) is 1.57. The Morgan fingerprint density at radius 2 is 2.31 bits per heavy atom. The van der Waals surface area contributed by atoms with E-state index in [0.717, 1.165) is 19.5 Å². The van der Waals surface area contributed by atoms with E-state index in [4.69, 9.17) is 5.11 Å².